The molecule has 3 rings (SSSR count). The van der Waals surface area contributed by atoms with Crippen molar-refractivity contribution in [3.05, 3.63) is 40.9 Å². The number of nitrogens with zero attached hydrogens (tertiary/aromatic N) is 5. The van der Waals surface area contributed by atoms with E-state index in [1.807, 2.05) is 12.1 Å². The topological polar surface area (TPSA) is 80.6 Å². The van der Waals surface area contributed by atoms with Gasteiger partial charge in [-0.2, -0.15) is 0 Å². The fourth-order valence-corrected chi connectivity index (χ4v) is 3.72. The highest BCUT2D eigenvalue weighted by Crippen LogP contribution is 2.24. The van der Waals surface area contributed by atoms with Crippen LogP contribution in [0, 0.1) is 0 Å². The van der Waals surface area contributed by atoms with E-state index in [2.05, 4.69) is 16.8 Å². The first-order valence-corrected chi connectivity index (χ1v) is 9.63. The van der Waals surface area contributed by atoms with Crippen LogP contribution in [0.1, 0.15) is 26.2 Å². The summed E-state index contributed by atoms with van der Waals surface area (Å²) >= 11 is 0. The van der Waals surface area contributed by atoms with Gasteiger partial charge < -0.3 is 14.5 Å². The molecule has 1 aliphatic rings. The number of hydrogen-bond donors (Lipinski definition) is 0. The number of anilines is 1. The van der Waals surface area contributed by atoms with Crippen molar-refractivity contribution in [2.24, 2.45) is 7.05 Å². The second-order valence-corrected chi connectivity index (χ2v) is 6.90. The zero-order valence-electron chi connectivity index (χ0n) is 16.7. The summed E-state index contributed by atoms with van der Waals surface area (Å²) in [6, 6.07) is 5.45. The van der Waals surface area contributed by atoms with Gasteiger partial charge in [0.2, 0.25) is 5.95 Å². The smallest absolute Gasteiger partial charge is 0.409 e. The maximum absolute atomic E-state index is 12.6. The lowest BCUT2D eigenvalue weighted by Gasteiger charge is -2.32. The van der Waals surface area contributed by atoms with Gasteiger partial charge in [-0.05, 0) is 38.3 Å². The van der Waals surface area contributed by atoms with E-state index in [-0.39, 0.29) is 17.7 Å². The molecule has 1 amide bonds. The van der Waals surface area contributed by atoms with Crippen molar-refractivity contribution < 1.29 is 9.53 Å². The molecule has 0 radical (unpaired) electrons. The molecule has 1 fully saturated rings. The quantitative estimate of drug-likeness (QED) is 0.803. The maximum atomic E-state index is 12.6. The molecule has 0 spiro atoms. The van der Waals surface area contributed by atoms with E-state index in [4.69, 9.17) is 9.72 Å². The third-order valence-corrected chi connectivity index (χ3v) is 5.26. The highest BCUT2D eigenvalue weighted by Gasteiger charge is 2.27. The Hall–Kier alpha value is -2.90. The summed E-state index contributed by atoms with van der Waals surface area (Å²) in [7, 11) is 3.16. The second-order valence-electron chi connectivity index (χ2n) is 6.90. The minimum absolute atomic E-state index is 0.0972. The van der Waals surface area contributed by atoms with Crippen LogP contribution in [-0.4, -0.2) is 58.3 Å². The Labute approximate surface area is 164 Å². The first-order valence-electron chi connectivity index (χ1n) is 9.63. The average Bonchev–Trinajstić information content (AvgIpc) is 2.98. The Kier molecular flexibility index (Phi) is 6.28. The van der Waals surface area contributed by atoms with E-state index < -0.39 is 0 Å². The molecule has 0 aromatic carbocycles. The standard InChI is InChI=1S/C20H27N5O3/c1-4-25(16-6-5-12-24(13-9-16)20(27)28-3)19-22-17(14-18(26)23(19)2)15-7-10-21-11-8-15/h7-8,10-11,14,16H,4-6,9,12-13H2,1-3H3. The second kappa shape index (κ2) is 8.86. The minimum Gasteiger partial charge on any atom is -0.453 e. The molecule has 8 heteroatoms. The number of amides is 1. The highest BCUT2D eigenvalue weighted by molar-refractivity contribution is 5.67. The molecule has 0 saturated carbocycles. The van der Waals surface area contributed by atoms with Crippen molar-refractivity contribution in [3.8, 4) is 11.3 Å². The molecule has 0 aliphatic carbocycles. The highest BCUT2D eigenvalue weighted by atomic mass is 16.5. The van der Waals surface area contributed by atoms with Gasteiger partial charge in [-0.15, -0.1) is 0 Å². The van der Waals surface area contributed by atoms with Crippen molar-refractivity contribution in [1.29, 1.82) is 0 Å². The van der Waals surface area contributed by atoms with Crippen molar-refractivity contribution >= 4 is 12.0 Å². The molecule has 3 heterocycles. The maximum Gasteiger partial charge on any atom is 0.409 e. The van der Waals surface area contributed by atoms with E-state index >= 15 is 0 Å². The number of carbonyl (C=O) groups excluding carboxylic acids is 1. The van der Waals surface area contributed by atoms with E-state index in [0.29, 0.717) is 24.7 Å². The Bertz CT molecular complexity index is 868. The first-order chi connectivity index (χ1) is 13.5. The number of ether oxygens (including phenoxy) is 1. The molecule has 1 aliphatic heterocycles. The van der Waals surface area contributed by atoms with Crippen LogP contribution in [0.2, 0.25) is 0 Å². The van der Waals surface area contributed by atoms with E-state index in [9.17, 15) is 9.59 Å². The summed E-state index contributed by atoms with van der Waals surface area (Å²) < 4.78 is 6.46. The third kappa shape index (κ3) is 4.16. The molecular weight excluding hydrogens is 358 g/mol. The molecular formula is C20H27N5O3. The summed E-state index contributed by atoms with van der Waals surface area (Å²) in [6.07, 6.45) is 5.72. The van der Waals surface area contributed by atoms with Crippen LogP contribution in [0.5, 0.6) is 0 Å². The van der Waals surface area contributed by atoms with Crippen molar-refractivity contribution in [1.82, 2.24) is 19.4 Å². The zero-order valence-corrected chi connectivity index (χ0v) is 16.7. The fraction of sp³-hybridized carbons (Fsp3) is 0.500. The average molecular weight is 385 g/mol. The van der Waals surface area contributed by atoms with Gasteiger partial charge in [-0.3, -0.25) is 14.3 Å². The van der Waals surface area contributed by atoms with Crippen molar-refractivity contribution in [3.63, 3.8) is 0 Å². The molecule has 28 heavy (non-hydrogen) atoms. The Morgan fingerprint density at radius 3 is 2.71 bits per heavy atom. The molecule has 1 unspecified atom stereocenters. The fourth-order valence-electron chi connectivity index (χ4n) is 3.72. The summed E-state index contributed by atoms with van der Waals surface area (Å²) in [4.78, 5) is 37.2. The summed E-state index contributed by atoms with van der Waals surface area (Å²) in [5.41, 5.74) is 1.41. The Morgan fingerprint density at radius 2 is 2.04 bits per heavy atom. The lowest BCUT2D eigenvalue weighted by atomic mass is 10.1. The number of aromatic nitrogens is 3. The summed E-state index contributed by atoms with van der Waals surface area (Å²) in [6.45, 7) is 4.10. The summed E-state index contributed by atoms with van der Waals surface area (Å²) in [5, 5.41) is 0. The minimum atomic E-state index is -0.283. The number of hydrogen-bond acceptors (Lipinski definition) is 6. The van der Waals surface area contributed by atoms with Gasteiger partial charge in [-0.25, -0.2) is 9.78 Å². The monoisotopic (exact) mass is 385 g/mol. The van der Waals surface area contributed by atoms with Gasteiger partial charge in [-0.1, -0.05) is 0 Å². The summed E-state index contributed by atoms with van der Waals surface area (Å²) in [5.74, 6) is 0.651. The largest absolute Gasteiger partial charge is 0.453 e. The van der Waals surface area contributed by atoms with E-state index in [0.717, 1.165) is 31.4 Å². The van der Waals surface area contributed by atoms with Gasteiger partial charge in [0.05, 0.1) is 12.8 Å². The van der Waals surface area contributed by atoms with E-state index in [1.165, 1.54) is 7.11 Å². The number of pyridine rings is 1. The van der Waals surface area contributed by atoms with Gasteiger partial charge in [0.1, 0.15) is 0 Å². The molecule has 8 nitrogen and oxygen atoms in total. The SMILES string of the molecule is CCN(c1nc(-c2ccncc2)cc(=O)n1C)C1CCCN(C(=O)OC)CC1. The Morgan fingerprint density at radius 1 is 1.29 bits per heavy atom. The normalized spacial score (nSPS) is 17.1. The van der Waals surface area contributed by atoms with Gasteiger partial charge in [0.25, 0.3) is 5.56 Å². The van der Waals surface area contributed by atoms with Crippen LogP contribution in [0.4, 0.5) is 10.7 Å². The third-order valence-electron chi connectivity index (χ3n) is 5.26. The van der Waals surface area contributed by atoms with Crippen LogP contribution >= 0.6 is 0 Å². The number of likely N-dealkylation sites (tertiary alicyclic amines) is 1. The lowest BCUT2D eigenvalue weighted by Crippen LogP contribution is -2.40. The molecule has 1 saturated heterocycles. The lowest BCUT2D eigenvalue weighted by molar-refractivity contribution is 0.125. The predicted octanol–water partition coefficient (Wildman–Crippen LogP) is 2.29. The number of carbonyl (C=O) groups is 1. The van der Waals surface area contributed by atoms with Gasteiger partial charge in [0.15, 0.2) is 0 Å². The zero-order chi connectivity index (χ0) is 20.1. The van der Waals surface area contributed by atoms with Crippen molar-refractivity contribution in [2.45, 2.75) is 32.2 Å². The molecule has 0 bridgehead atoms. The van der Waals surface area contributed by atoms with Gasteiger partial charge in [0, 0.05) is 56.7 Å². The van der Waals surface area contributed by atoms with E-state index in [1.54, 1.807) is 35.0 Å². The van der Waals surface area contributed by atoms with Crippen LogP contribution in [-0.2, 0) is 11.8 Å². The Balaban J connectivity index is 1.91. The molecule has 2 aromatic heterocycles. The number of rotatable bonds is 4. The van der Waals surface area contributed by atoms with Crippen LogP contribution in [0.3, 0.4) is 0 Å². The van der Waals surface area contributed by atoms with Crippen molar-refractivity contribution in [2.75, 3.05) is 31.6 Å². The molecule has 2 aromatic rings. The predicted molar refractivity (Wildman–Crippen MR) is 107 cm³/mol. The first kappa shape index (κ1) is 19.9. The van der Waals surface area contributed by atoms with Crippen LogP contribution < -0.4 is 10.5 Å². The van der Waals surface area contributed by atoms with Crippen LogP contribution in [0.25, 0.3) is 11.3 Å². The molecule has 0 N–H and O–H groups in total. The molecule has 150 valence electrons. The van der Waals surface area contributed by atoms with Crippen LogP contribution in [0.15, 0.2) is 35.4 Å². The van der Waals surface area contributed by atoms with Gasteiger partial charge >= 0.3 is 6.09 Å². The number of methoxy groups -OCH3 is 1. The molecule has 1 atom stereocenters.